The summed E-state index contributed by atoms with van der Waals surface area (Å²) in [5.41, 5.74) is 0. The van der Waals surface area contributed by atoms with Crippen LogP contribution in [-0.4, -0.2) is 34.8 Å². The second-order valence-electron chi connectivity index (χ2n) is 2.99. The lowest BCUT2D eigenvalue weighted by Gasteiger charge is -2.36. The molecule has 1 aromatic rings. The van der Waals surface area contributed by atoms with Gasteiger partial charge in [0.25, 0.3) is 0 Å². The standard InChI is InChI=1S/C7H10IN3/c1-10-4-6(5-10)11-3-2-7(8)9-11/h2-3,6H,4-5H2,1H3. The molecule has 0 amide bonds. The predicted molar refractivity (Wildman–Crippen MR) is 51.5 cm³/mol. The minimum Gasteiger partial charge on any atom is -0.302 e. The van der Waals surface area contributed by atoms with E-state index in [4.69, 9.17) is 0 Å². The molecule has 4 heteroatoms. The van der Waals surface area contributed by atoms with Gasteiger partial charge in [-0.1, -0.05) is 0 Å². The van der Waals surface area contributed by atoms with Crippen molar-refractivity contribution >= 4 is 22.6 Å². The first-order chi connectivity index (χ1) is 5.25. The number of halogens is 1. The third kappa shape index (κ3) is 1.41. The zero-order valence-corrected chi connectivity index (χ0v) is 8.52. The summed E-state index contributed by atoms with van der Waals surface area (Å²) in [5, 5.41) is 4.34. The molecule has 1 aliphatic heterocycles. The second kappa shape index (κ2) is 2.75. The van der Waals surface area contributed by atoms with Gasteiger partial charge < -0.3 is 4.90 Å². The molecule has 3 nitrogen and oxygen atoms in total. The monoisotopic (exact) mass is 263 g/mol. The van der Waals surface area contributed by atoms with Gasteiger partial charge >= 0.3 is 0 Å². The maximum atomic E-state index is 4.34. The van der Waals surface area contributed by atoms with Crippen LogP contribution in [0.2, 0.25) is 0 Å². The van der Waals surface area contributed by atoms with E-state index in [-0.39, 0.29) is 0 Å². The number of likely N-dealkylation sites (tertiary alicyclic amines) is 1. The number of rotatable bonds is 1. The van der Waals surface area contributed by atoms with Crippen LogP contribution in [0.1, 0.15) is 6.04 Å². The lowest BCUT2D eigenvalue weighted by Crippen LogP contribution is -2.45. The highest BCUT2D eigenvalue weighted by Crippen LogP contribution is 2.18. The van der Waals surface area contributed by atoms with Crippen LogP contribution in [-0.2, 0) is 0 Å². The Kier molecular flexibility index (Phi) is 1.88. The Morgan fingerprint density at radius 2 is 2.36 bits per heavy atom. The van der Waals surface area contributed by atoms with Crippen LogP contribution in [0.4, 0.5) is 0 Å². The molecule has 2 heterocycles. The van der Waals surface area contributed by atoms with Gasteiger partial charge in [-0.15, -0.1) is 0 Å². The summed E-state index contributed by atoms with van der Waals surface area (Å²) in [6.07, 6.45) is 2.06. The number of hydrogen-bond donors (Lipinski definition) is 0. The molecule has 0 bridgehead atoms. The molecule has 60 valence electrons. The van der Waals surface area contributed by atoms with Crippen molar-refractivity contribution in [1.29, 1.82) is 0 Å². The SMILES string of the molecule is CN1CC(n2ccc(I)n2)C1. The molecule has 1 saturated heterocycles. The van der Waals surface area contributed by atoms with E-state index in [0.29, 0.717) is 6.04 Å². The van der Waals surface area contributed by atoms with Crippen LogP contribution in [0.25, 0.3) is 0 Å². The van der Waals surface area contributed by atoms with E-state index < -0.39 is 0 Å². The van der Waals surface area contributed by atoms with E-state index in [2.05, 4.69) is 50.5 Å². The molecular weight excluding hydrogens is 253 g/mol. The molecule has 0 aromatic carbocycles. The van der Waals surface area contributed by atoms with Gasteiger partial charge in [0.05, 0.1) is 6.04 Å². The van der Waals surface area contributed by atoms with Crippen molar-refractivity contribution in [2.75, 3.05) is 20.1 Å². The summed E-state index contributed by atoms with van der Waals surface area (Å²) in [6.45, 7) is 2.27. The Bertz CT molecular complexity index is 252. The van der Waals surface area contributed by atoms with Crippen LogP contribution >= 0.6 is 22.6 Å². The first-order valence-electron chi connectivity index (χ1n) is 3.65. The number of aromatic nitrogens is 2. The van der Waals surface area contributed by atoms with Crippen molar-refractivity contribution < 1.29 is 0 Å². The molecule has 0 unspecified atom stereocenters. The molecule has 1 aliphatic rings. The van der Waals surface area contributed by atoms with Crippen LogP contribution in [0, 0.1) is 3.70 Å². The maximum Gasteiger partial charge on any atom is 0.123 e. The fourth-order valence-electron chi connectivity index (χ4n) is 1.35. The highest BCUT2D eigenvalue weighted by Gasteiger charge is 2.24. The lowest BCUT2D eigenvalue weighted by molar-refractivity contribution is 0.130. The first-order valence-corrected chi connectivity index (χ1v) is 4.73. The van der Waals surface area contributed by atoms with Crippen molar-refractivity contribution in [2.24, 2.45) is 0 Å². The summed E-state index contributed by atoms with van der Waals surface area (Å²) in [6, 6.07) is 2.65. The predicted octanol–water partition coefficient (Wildman–Crippen LogP) is 0.974. The summed E-state index contributed by atoms with van der Waals surface area (Å²) in [5.74, 6) is 0. The molecule has 0 N–H and O–H groups in total. The topological polar surface area (TPSA) is 21.1 Å². The molecule has 0 atom stereocenters. The first kappa shape index (κ1) is 7.54. The lowest BCUT2D eigenvalue weighted by atomic mass is 10.1. The minimum atomic E-state index is 0.614. The summed E-state index contributed by atoms with van der Waals surface area (Å²) in [4.78, 5) is 2.29. The van der Waals surface area contributed by atoms with Gasteiger partial charge in [0.15, 0.2) is 0 Å². The largest absolute Gasteiger partial charge is 0.302 e. The molecule has 1 aromatic heterocycles. The van der Waals surface area contributed by atoms with Crippen molar-refractivity contribution in [1.82, 2.24) is 14.7 Å². The molecular formula is C7H10IN3. The smallest absolute Gasteiger partial charge is 0.123 e. The van der Waals surface area contributed by atoms with Gasteiger partial charge in [-0.2, -0.15) is 5.10 Å². The number of likely N-dealkylation sites (N-methyl/N-ethyl adjacent to an activating group) is 1. The van der Waals surface area contributed by atoms with E-state index in [1.54, 1.807) is 0 Å². The maximum absolute atomic E-state index is 4.34. The highest BCUT2D eigenvalue weighted by molar-refractivity contribution is 14.1. The van der Waals surface area contributed by atoms with Crippen LogP contribution in [0.5, 0.6) is 0 Å². The van der Waals surface area contributed by atoms with Gasteiger partial charge in [-0.25, -0.2) is 0 Å². The summed E-state index contributed by atoms with van der Waals surface area (Å²) in [7, 11) is 2.13. The molecule has 0 saturated carbocycles. The molecule has 0 spiro atoms. The van der Waals surface area contributed by atoms with Gasteiger partial charge in [0.1, 0.15) is 3.70 Å². The average molecular weight is 263 g/mol. The summed E-state index contributed by atoms with van der Waals surface area (Å²) < 4.78 is 3.14. The zero-order valence-electron chi connectivity index (χ0n) is 6.37. The Morgan fingerprint density at radius 3 is 2.82 bits per heavy atom. The van der Waals surface area contributed by atoms with E-state index in [0.717, 1.165) is 16.8 Å². The fourth-order valence-corrected chi connectivity index (χ4v) is 1.76. The highest BCUT2D eigenvalue weighted by atomic mass is 127. The van der Waals surface area contributed by atoms with Crippen molar-refractivity contribution in [3.63, 3.8) is 0 Å². The molecule has 0 radical (unpaired) electrons. The Morgan fingerprint density at radius 1 is 1.64 bits per heavy atom. The molecule has 0 aliphatic carbocycles. The van der Waals surface area contributed by atoms with Gasteiger partial charge in [-0.05, 0) is 35.7 Å². The van der Waals surface area contributed by atoms with Crippen molar-refractivity contribution in [3.8, 4) is 0 Å². The van der Waals surface area contributed by atoms with Gasteiger partial charge in [-0.3, -0.25) is 4.68 Å². The Hall–Kier alpha value is -0.100. The molecule has 2 rings (SSSR count). The normalized spacial score (nSPS) is 20.2. The number of hydrogen-bond acceptors (Lipinski definition) is 2. The molecule has 11 heavy (non-hydrogen) atoms. The van der Waals surface area contributed by atoms with Gasteiger partial charge in [0.2, 0.25) is 0 Å². The third-order valence-corrected chi connectivity index (χ3v) is 2.57. The zero-order chi connectivity index (χ0) is 7.84. The van der Waals surface area contributed by atoms with Crippen molar-refractivity contribution in [2.45, 2.75) is 6.04 Å². The van der Waals surface area contributed by atoms with Crippen LogP contribution < -0.4 is 0 Å². The Balaban J connectivity index is 2.07. The van der Waals surface area contributed by atoms with Crippen LogP contribution in [0.3, 0.4) is 0 Å². The van der Waals surface area contributed by atoms with E-state index in [1.165, 1.54) is 0 Å². The van der Waals surface area contributed by atoms with Crippen LogP contribution in [0.15, 0.2) is 12.3 Å². The Labute approximate surface area is 79.5 Å². The van der Waals surface area contributed by atoms with E-state index in [1.807, 2.05) is 6.07 Å². The second-order valence-corrected chi connectivity index (χ2v) is 4.10. The van der Waals surface area contributed by atoms with Gasteiger partial charge in [0, 0.05) is 19.3 Å². The van der Waals surface area contributed by atoms with Crippen molar-refractivity contribution in [3.05, 3.63) is 16.0 Å². The number of nitrogens with zero attached hydrogens (tertiary/aromatic N) is 3. The van der Waals surface area contributed by atoms with E-state index >= 15 is 0 Å². The third-order valence-electron chi connectivity index (χ3n) is 1.99. The fraction of sp³-hybridized carbons (Fsp3) is 0.571. The average Bonchev–Trinajstić information content (AvgIpc) is 2.29. The summed E-state index contributed by atoms with van der Waals surface area (Å²) >= 11 is 2.23. The molecule has 1 fully saturated rings. The van der Waals surface area contributed by atoms with E-state index in [9.17, 15) is 0 Å². The minimum absolute atomic E-state index is 0.614. The quantitative estimate of drug-likeness (QED) is 0.704.